The van der Waals surface area contributed by atoms with E-state index in [1.165, 1.54) is 7.11 Å². The Morgan fingerprint density at radius 1 is 1.39 bits per heavy atom. The van der Waals surface area contributed by atoms with Gasteiger partial charge >= 0.3 is 0 Å². The van der Waals surface area contributed by atoms with Gasteiger partial charge in [-0.2, -0.15) is 0 Å². The summed E-state index contributed by atoms with van der Waals surface area (Å²) in [5.74, 6) is 0.318. The zero-order valence-corrected chi connectivity index (χ0v) is 12.6. The van der Waals surface area contributed by atoms with Crippen LogP contribution in [-0.2, 0) is 10.0 Å². The van der Waals surface area contributed by atoms with E-state index in [2.05, 4.69) is 4.72 Å². The van der Waals surface area contributed by atoms with Gasteiger partial charge in [0.05, 0.1) is 7.11 Å². The van der Waals surface area contributed by atoms with Crippen molar-refractivity contribution in [2.45, 2.75) is 32.1 Å². The zero-order chi connectivity index (χ0) is 13.9. The highest BCUT2D eigenvalue weighted by atomic mass is 35.5. The Kier molecular flexibility index (Phi) is 5.01. The molecule has 4 nitrogen and oxygen atoms in total. The third kappa shape index (κ3) is 2.96. The average Bonchev–Trinajstić information content (AvgIpc) is 2.32. The predicted octanol–water partition coefficient (Wildman–Crippen LogP) is 2.65. The molecule has 0 aliphatic rings. The summed E-state index contributed by atoms with van der Waals surface area (Å²) >= 11 is 6.10. The number of benzene rings is 1. The Morgan fingerprint density at radius 3 is 2.50 bits per heavy atom. The van der Waals surface area contributed by atoms with Crippen molar-refractivity contribution in [2.24, 2.45) is 0 Å². The lowest BCUT2D eigenvalue weighted by molar-refractivity contribution is 0.401. The molecule has 102 valence electrons. The van der Waals surface area contributed by atoms with E-state index in [0.29, 0.717) is 22.9 Å². The van der Waals surface area contributed by atoms with Crippen LogP contribution in [0.3, 0.4) is 0 Å². The molecule has 0 radical (unpaired) electrons. The number of ether oxygens (including phenoxy) is 1. The smallest absolute Gasteiger partial charge is 0.244 e. The molecule has 6 heteroatoms. The number of rotatable bonds is 5. The fourth-order valence-electron chi connectivity index (χ4n) is 1.70. The van der Waals surface area contributed by atoms with Crippen LogP contribution in [-0.4, -0.2) is 22.1 Å². The highest BCUT2D eigenvalue weighted by Gasteiger charge is 2.24. The molecule has 0 saturated carbocycles. The maximum atomic E-state index is 12.2. The van der Waals surface area contributed by atoms with Crippen LogP contribution in [0.4, 0.5) is 0 Å². The van der Waals surface area contributed by atoms with Crippen LogP contribution in [0.2, 0.25) is 5.02 Å². The van der Waals surface area contributed by atoms with Gasteiger partial charge in [0.2, 0.25) is 10.0 Å². The highest BCUT2D eigenvalue weighted by molar-refractivity contribution is 7.89. The van der Waals surface area contributed by atoms with Gasteiger partial charge in [0.1, 0.15) is 10.6 Å². The number of hydrogen-bond acceptors (Lipinski definition) is 3. The largest absolute Gasteiger partial charge is 0.495 e. The van der Waals surface area contributed by atoms with Gasteiger partial charge in [-0.25, -0.2) is 13.1 Å². The van der Waals surface area contributed by atoms with E-state index >= 15 is 0 Å². The Bertz CT molecular complexity index is 541. The number of aryl methyl sites for hydroxylation is 1. The molecule has 0 bridgehead atoms. The highest BCUT2D eigenvalue weighted by Crippen LogP contribution is 2.34. The molecule has 1 N–H and O–H groups in total. The first-order chi connectivity index (χ1) is 8.35. The third-order valence-corrected chi connectivity index (χ3v) is 4.83. The van der Waals surface area contributed by atoms with E-state index in [0.717, 1.165) is 12.0 Å². The summed E-state index contributed by atoms with van der Waals surface area (Å²) in [6.07, 6.45) is 0.722. The van der Waals surface area contributed by atoms with Crippen LogP contribution in [0.25, 0.3) is 0 Å². The van der Waals surface area contributed by atoms with E-state index in [-0.39, 0.29) is 4.90 Å². The van der Waals surface area contributed by atoms with Gasteiger partial charge < -0.3 is 4.74 Å². The van der Waals surface area contributed by atoms with Crippen molar-refractivity contribution in [1.82, 2.24) is 4.72 Å². The molecule has 0 fully saturated rings. The Labute approximate surface area is 113 Å². The molecule has 1 rings (SSSR count). The van der Waals surface area contributed by atoms with Gasteiger partial charge in [-0.1, -0.05) is 18.5 Å². The summed E-state index contributed by atoms with van der Waals surface area (Å²) in [7, 11) is -2.15. The van der Waals surface area contributed by atoms with Crippen molar-refractivity contribution in [3.05, 3.63) is 22.2 Å². The minimum absolute atomic E-state index is 0.119. The first kappa shape index (κ1) is 15.3. The van der Waals surface area contributed by atoms with Gasteiger partial charge in [0.25, 0.3) is 0 Å². The zero-order valence-electron chi connectivity index (χ0n) is 11.0. The quantitative estimate of drug-likeness (QED) is 0.907. The molecule has 18 heavy (non-hydrogen) atoms. The molecule has 0 saturated heterocycles. The van der Waals surface area contributed by atoms with Crippen LogP contribution < -0.4 is 9.46 Å². The molecule has 1 aromatic carbocycles. The molecule has 0 aliphatic heterocycles. The Morgan fingerprint density at radius 2 is 2.00 bits per heavy atom. The molecule has 0 unspecified atom stereocenters. The van der Waals surface area contributed by atoms with E-state index in [1.807, 2.05) is 13.8 Å². The average molecular weight is 292 g/mol. The third-order valence-electron chi connectivity index (χ3n) is 2.62. The van der Waals surface area contributed by atoms with Crippen molar-refractivity contribution >= 4 is 21.6 Å². The van der Waals surface area contributed by atoms with Crippen molar-refractivity contribution in [1.29, 1.82) is 0 Å². The molecular weight excluding hydrogens is 274 g/mol. The molecule has 0 heterocycles. The van der Waals surface area contributed by atoms with E-state index in [9.17, 15) is 8.42 Å². The normalized spacial score (nSPS) is 11.6. The second-order valence-corrected chi connectivity index (χ2v) is 6.14. The fraction of sp³-hybridized carbons (Fsp3) is 0.500. The SMILES string of the molecule is CCCNS(=O)(=O)c1c(OC)cc(C)c(Cl)c1C. The van der Waals surface area contributed by atoms with Gasteiger partial charge in [-0.05, 0) is 37.5 Å². The number of halogens is 1. The Balaban J connectivity index is 3.44. The van der Waals surface area contributed by atoms with Gasteiger partial charge in [-0.3, -0.25) is 0 Å². The van der Waals surface area contributed by atoms with Crippen molar-refractivity contribution < 1.29 is 13.2 Å². The number of hydrogen-bond donors (Lipinski definition) is 1. The van der Waals surface area contributed by atoms with Crippen LogP contribution in [0.15, 0.2) is 11.0 Å². The standard InChI is InChI=1S/C12H18ClNO3S/c1-5-6-14-18(15,16)12-9(3)11(13)8(2)7-10(12)17-4/h7,14H,5-6H2,1-4H3. The number of sulfonamides is 1. The first-order valence-electron chi connectivity index (χ1n) is 5.68. The van der Waals surface area contributed by atoms with Gasteiger partial charge in [0, 0.05) is 11.6 Å². The lowest BCUT2D eigenvalue weighted by atomic mass is 10.1. The van der Waals surface area contributed by atoms with Crippen LogP contribution in [0.1, 0.15) is 24.5 Å². The fourth-order valence-corrected chi connectivity index (χ4v) is 3.43. The summed E-state index contributed by atoms with van der Waals surface area (Å²) in [5.41, 5.74) is 1.30. The van der Waals surface area contributed by atoms with E-state index in [1.54, 1.807) is 13.0 Å². The summed E-state index contributed by atoms with van der Waals surface area (Å²) in [6.45, 7) is 5.78. The summed E-state index contributed by atoms with van der Waals surface area (Å²) < 4.78 is 32.1. The minimum atomic E-state index is -3.59. The second kappa shape index (κ2) is 5.91. The van der Waals surface area contributed by atoms with Gasteiger partial charge in [0.15, 0.2) is 0 Å². The lowest BCUT2D eigenvalue weighted by Crippen LogP contribution is -2.25. The summed E-state index contributed by atoms with van der Waals surface area (Å²) in [4.78, 5) is 0.119. The van der Waals surface area contributed by atoms with Crippen molar-refractivity contribution in [3.8, 4) is 5.75 Å². The van der Waals surface area contributed by atoms with E-state index < -0.39 is 10.0 Å². The van der Waals surface area contributed by atoms with E-state index in [4.69, 9.17) is 16.3 Å². The maximum Gasteiger partial charge on any atom is 0.244 e. The Hall–Kier alpha value is -0.780. The molecule has 0 spiro atoms. The van der Waals surface area contributed by atoms with Crippen LogP contribution in [0.5, 0.6) is 5.75 Å². The molecule has 1 aromatic rings. The number of nitrogens with one attached hydrogen (secondary N) is 1. The summed E-state index contributed by atoms with van der Waals surface area (Å²) in [6, 6.07) is 1.63. The summed E-state index contributed by atoms with van der Waals surface area (Å²) in [5, 5.41) is 0.452. The molecule has 0 amide bonds. The monoisotopic (exact) mass is 291 g/mol. The first-order valence-corrected chi connectivity index (χ1v) is 7.54. The topological polar surface area (TPSA) is 55.4 Å². The van der Waals surface area contributed by atoms with Crippen molar-refractivity contribution in [3.63, 3.8) is 0 Å². The molecule has 0 atom stereocenters. The maximum absolute atomic E-state index is 12.2. The predicted molar refractivity (Wildman–Crippen MR) is 73.0 cm³/mol. The van der Waals surface area contributed by atoms with Crippen LogP contribution >= 0.6 is 11.6 Å². The second-order valence-electron chi connectivity index (χ2n) is 4.06. The molecule has 0 aliphatic carbocycles. The van der Waals surface area contributed by atoms with Gasteiger partial charge in [-0.15, -0.1) is 0 Å². The minimum Gasteiger partial charge on any atom is -0.495 e. The van der Waals surface area contributed by atoms with Crippen LogP contribution in [0, 0.1) is 13.8 Å². The molecular formula is C12H18ClNO3S. The lowest BCUT2D eigenvalue weighted by Gasteiger charge is -2.15. The number of methoxy groups -OCH3 is 1. The molecule has 0 aromatic heterocycles. The van der Waals surface area contributed by atoms with Crippen molar-refractivity contribution in [2.75, 3.05) is 13.7 Å².